The molecule has 0 radical (unpaired) electrons. The highest BCUT2D eigenvalue weighted by atomic mass is 28.4. The number of H-pyrrole nitrogens is 1. The van der Waals surface area contributed by atoms with Gasteiger partial charge in [0.25, 0.3) is 13.9 Å². The molecule has 2 aromatic carbocycles. The summed E-state index contributed by atoms with van der Waals surface area (Å²) in [6.07, 6.45) is 3.62. The van der Waals surface area contributed by atoms with Crippen molar-refractivity contribution in [2.24, 2.45) is 5.73 Å². The van der Waals surface area contributed by atoms with Crippen molar-refractivity contribution in [1.29, 1.82) is 0 Å². The number of aryl methyl sites for hydroxylation is 1. The fourth-order valence-electron chi connectivity index (χ4n) is 6.28. The highest BCUT2D eigenvalue weighted by Gasteiger charge is 2.59. The van der Waals surface area contributed by atoms with Crippen LogP contribution in [0.25, 0.3) is 0 Å². The highest BCUT2D eigenvalue weighted by Crippen LogP contribution is 2.42. The number of benzene rings is 2. The first kappa shape index (κ1) is 35.0. The SMILES string of the molecule is CCCCOC[C@@]1(CO[Si](c2ccccc2)(c2ccccc2)C(C)(C)C)O[C@@H](n2cc(C)c(=O)[nH]c2=O)[C@@H](N)C1OCCCC. The predicted molar refractivity (Wildman–Crippen MR) is 181 cm³/mol. The van der Waals surface area contributed by atoms with Crippen LogP contribution in [0.1, 0.15) is 72.1 Å². The van der Waals surface area contributed by atoms with Crippen molar-refractivity contribution in [3.63, 3.8) is 0 Å². The lowest BCUT2D eigenvalue weighted by Gasteiger charge is -2.45. The average molecular weight is 638 g/mol. The molecule has 1 aromatic heterocycles. The monoisotopic (exact) mass is 637 g/mol. The fraction of sp³-hybridized carbons (Fsp3) is 0.543. The van der Waals surface area contributed by atoms with Crippen LogP contribution in [0.15, 0.2) is 76.4 Å². The molecule has 1 unspecified atom stereocenters. The van der Waals surface area contributed by atoms with Crippen LogP contribution in [0.4, 0.5) is 0 Å². The average Bonchev–Trinajstić information content (AvgIpc) is 3.29. The largest absolute Gasteiger partial charge is 0.404 e. The summed E-state index contributed by atoms with van der Waals surface area (Å²) in [6.45, 7) is 13.9. The molecule has 3 N–H and O–H groups in total. The zero-order valence-corrected chi connectivity index (χ0v) is 28.7. The smallest absolute Gasteiger partial charge is 0.330 e. The Balaban J connectivity index is 1.85. The molecule has 0 amide bonds. The zero-order chi connectivity index (χ0) is 32.7. The summed E-state index contributed by atoms with van der Waals surface area (Å²) in [5.74, 6) is 0. The van der Waals surface area contributed by atoms with E-state index in [0.29, 0.717) is 18.8 Å². The Bertz CT molecular complexity index is 1430. The van der Waals surface area contributed by atoms with Crippen molar-refractivity contribution in [1.82, 2.24) is 9.55 Å². The van der Waals surface area contributed by atoms with Crippen molar-refractivity contribution >= 4 is 18.7 Å². The molecule has 4 atom stereocenters. The lowest BCUT2D eigenvalue weighted by molar-refractivity contribution is -0.168. The molecule has 0 aliphatic carbocycles. The number of hydrogen-bond acceptors (Lipinski definition) is 7. The topological polar surface area (TPSA) is 118 Å². The van der Waals surface area contributed by atoms with Gasteiger partial charge in [-0.05, 0) is 35.2 Å². The molecule has 1 fully saturated rings. The van der Waals surface area contributed by atoms with Gasteiger partial charge in [-0.25, -0.2) is 4.79 Å². The maximum atomic E-state index is 13.1. The van der Waals surface area contributed by atoms with Gasteiger partial charge < -0.3 is 24.4 Å². The number of aromatic nitrogens is 2. The summed E-state index contributed by atoms with van der Waals surface area (Å²) in [4.78, 5) is 27.7. The number of unbranched alkanes of at least 4 members (excludes halogenated alkanes) is 2. The molecule has 45 heavy (non-hydrogen) atoms. The van der Waals surface area contributed by atoms with E-state index in [4.69, 9.17) is 24.4 Å². The van der Waals surface area contributed by atoms with Crippen LogP contribution in [0.5, 0.6) is 0 Å². The number of ether oxygens (including phenoxy) is 3. The maximum Gasteiger partial charge on any atom is 0.330 e. The van der Waals surface area contributed by atoms with Crippen LogP contribution in [-0.4, -0.2) is 62.0 Å². The van der Waals surface area contributed by atoms with E-state index in [9.17, 15) is 9.59 Å². The van der Waals surface area contributed by atoms with Crippen molar-refractivity contribution in [3.8, 4) is 0 Å². The molecule has 0 bridgehead atoms. The Morgan fingerprint density at radius 2 is 1.51 bits per heavy atom. The Morgan fingerprint density at radius 3 is 2.07 bits per heavy atom. The minimum absolute atomic E-state index is 0.129. The van der Waals surface area contributed by atoms with Crippen LogP contribution in [0.3, 0.4) is 0 Å². The lowest BCUT2D eigenvalue weighted by Crippen LogP contribution is -2.68. The van der Waals surface area contributed by atoms with Gasteiger partial charge in [-0.1, -0.05) is 108 Å². The van der Waals surface area contributed by atoms with Gasteiger partial charge in [0.1, 0.15) is 11.7 Å². The Labute approximate surface area is 268 Å². The molecule has 1 aliphatic rings. The Morgan fingerprint density at radius 1 is 0.933 bits per heavy atom. The second kappa shape index (κ2) is 15.2. The van der Waals surface area contributed by atoms with Gasteiger partial charge in [0, 0.05) is 25.0 Å². The molecule has 2 heterocycles. The lowest BCUT2D eigenvalue weighted by atomic mass is 9.95. The summed E-state index contributed by atoms with van der Waals surface area (Å²) in [5, 5.41) is 2.01. The number of nitrogens with one attached hydrogen (secondary N) is 1. The molecule has 0 spiro atoms. The summed E-state index contributed by atoms with van der Waals surface area (Å²) in [7, 11) is -2.98. The predicted octanol–water partition coefficient (Wildman–Crippen LogP) is 4.02. The molecule has 0 saturated carbocycles. The summed E-state index contributed by atoms with van der Waals surface area (Å²) < 4.78 is 28.5. The number of aromatic amines is 1. The van der Waals surface area contributed by atoms with Crippen LogP contribution in [0, 0.1) is 6.92 Å². The Kier molecular flexibility index (Phi) is 11.8. The summed E-state index contributed by atoms with van der Waals surface area (Å²) in [6, 6.07) is 20.1. The summed E-state index contributed by atoms with van der Waals surface area (Å²) >= 11 is 0. The first-order valence-electron chi connectivity index (χ1n) is 16.2. The van der Waals surface area contributed by atoms with Gasteiger partial charge in [-0.15, -0.1) is 0 Å². The van der Waals surface area contributed by atoms with Crippen LogP contribution >= 0.6 is 0 Å². The first-order valence-corrected chi connectivity index (χ1v) is 18.1. The van der Waals surface area contributed by atoms with Gasteiger partial charge >= 0.3 is 5.69 Å². The number of nitrogens with zero attached hydrogens (tertiary/aromatic N) is 1. The van der Waals surface area contributed by atoms with E-state index in [1.165, 1.54) is 10.8 Å². The minimum Gasteiger partial charge on any atom is -0.404 e. The molecule has 10 heteroatoms. The summed E-state index contributed by atoms with van der Waals surface area (Å²) in [5.41, 5.74) is 5.16. The molecule has 4 rings (SSSR count). The van der Waals surface area contributed by atoms with E-state index in [1.807, 2.05) is 12.1 Å². The molecular formula is C35H51N3O6Si. The van der Waals surface area contributed by atoms with E-state index in [0.717, 1.165) is 36.1 Å². The van der Waals surface area contributed by atoms with Gasteiger partial charge in [0.05, 0.1) is 19.3 Å². The molecule has 1 saturated heterocycles. The minimum atomic E-state index is -2.98. The maximum absolute atomic E-state index is 13.1. The van der Waals surface area contributed by atoms with Gasteiger partial charge in [-0.2, -0.15) is 0 Å². The molecule has 3 aromatic rings. The fourth-order valence-corrected chi connectivity index (χ4v) is 10.9. The standard InChI is InChI=1S/C35H51N3O6Si/c1-7-9-21-41-24-35(25-43-45(34(4,5)6,27-17-13-11-14-18-27)28-19-15-12-16-20-28)30(42-22-10-8-2)29(36)32(44-35)38-23-26(3)31(39)37-33(38)40/h11-20,23,29-30,32H,7-10,21-22,24-25,36H2,1-6H3,(H,37,39,40)/t29-,30?,32+,35-/m0/s1. The molecular weight excluding hydrogens is 586 g/mol. The normalized spacial score (nSPS) is 22.2. The zero-order valence-electron chi connectivity index (χ0n) is 27.7. The third-order valence-corrected chi connectivity index (χ3v) is 13.7. The molecule has 246 valence electrons. The van der Waals surface area contributed by atoms with Gasteiger partial charge in [0.15, 0.2) is 6.23 Å². The first-order chi connectivity index (χ1) is 21.5. The quantitative estimate of drug-likeness (QED) is 0.191. The second-order valence-corrected chi connectivity index (χ2v) is 17.4. The van der Waals surface area contributed by atoms with Crippen LogP contribution < -0.4 is 27.4 Å². The van der Waals surface area contributed by atoms with Gasteiger partial charge in [-0.3, -0.25) is 14.3 Å². The van der Waals surface area contributed by atoms with Gasteiger partial charge in [0.2, 0.25) is 0 Å². The second-order valence-electron chi connectivity index (χ2n) is 13.1. The van der Waals surface area contributed by atoms with Crippen molar-refractivity contribution in [3.05, 3.63) is 93.3 Å². The van der Waals surface area contributed by atoms with Crippen molar-refractivity contribution in [2.45, 2.75) is 96.2 Å². The number of rotatable bonds is 15. The van der Waals surface area contributed by atoms with E-state index in [1.54, 1.807) is 6.92 Å². The van der Waals surface area contributed by atoms with E-state index < -0.39 is 43.5 Å². The van der Waals surface area contributed by atoms with E-state index in [-0.39, 0.29) is 18.3 Å². The molecule has 1 aliphatic heterocycles. The van der Waals surface area contributed by atoms with E-state index >= 15 is 0 Å². The van der Waals surface area contributed by atoms with E-state index in [2.05, 4.69) is 88.1 Å². The number of nitrogens with two attached hydrogens (primary N) is 1. The van der Waals surface area contributed by atoms with Crippen LogP contribution in [0.2, 0.25) is 5.04 Å². The highest BCUT2D eigenvalue weighted by molar-refractivity contribution is 6.99. The molecule has 9 nitrogen and oxygen atoms in total. The Hall–Kier alpha value is -2.86. The van der Waals surface area contributed by atoms with Crippen molar-refractivity contribution < 1.29 is 18.6 Å². The van der Waals surface area contributed by atoms with Crippen molar-refractivity contribution in [2.75, 3.05) is 26.4 Å². The third kappa shape index (κ3) is 7.42. The number of hydrogen-bond donors (Lipinski definition) is 2. The third-order valence-electron chi connectivity index (χ3n) is 8.71. The van der Waals surface area contributed by atoms with Crippen LogP contribution in [-0.2, 0) is 18.6 Å².